The first-order chi connectivity index (χ1) is 9.63. The average Bonchev–Trinajstić information content (AvgIpc) is 2.97. The standard InChI is InChI=1S/C13H18N4O2S/c1-2-14-9-11-5-3-4-6-12(11)20(18,19)17-10-13-15-7-8-16-13/h3-8,14,17H,2,9-10H2,1H3,(H,15,16). The third kappa shape index (κ3) is 3.66. The van der Waals surface area contributed by atoms with E-state index in [1.165, 1.54) is 0 Å². The Kier molecular flexibility index (Phi) is 4.89. The predicted octanol–water partition coefficient (Wildman–Crippen LogP) is 0.998. The molecule has 0 spiro atoms. The average molecular weight is 294 g/mol. The van der Waals surface area contributed by atoms with E-state index >= 15 is 0 Å². The summed E-state index contributed by atoms with van der Waals surface area (Å²) in [6, 6.07) is 6.97. The number of benzene rings is 1. The number of aromatic amines is 1. The molecule has 0 aliphatic carbocycles. The summed E-state index contributed by atoms with van der Waals surface area (Å²) in [6.07, 6.45) is 3.24. The minimum absolute atomic E-state index is 0.144. The van der Waals surface area contributed by atoms with E-state index in [-0.39, 0.29) is 6.54 Å². The Labute approximate surface area is 118 Å². The van der Waals surface area contributed by atoms with Crippen molar-refractivity contribution < 1.29 is 8.42 Å². The Morgan fingerprint density at radius 3 is 2.75 bits per heavy atom. The van der Waals surface area contributed by atoms with Crippen molar-refractivity contribution in [3.63, 3.8) is 0 Å². The van der Waals surface area contributed by atoms with Gasteiger partial charge in [-0.1, -0.05) is 25.1 Å². The van der Waals surface area contributed by atoms with E-state index in [0.29, 0.717) is 17.3 Å². The third-order valence-electron chi connectivity index (χ3n) is 2.81. The zero-order valence-electron chi connectivity index (χ0n) is 11.3. The van der Waals surface area contributed by atoms with Crippen LogP contribution < -0.4 is 10.0 Å². The van der Waals surface area contributed by atoms with E-state index in [2.05, 4.69) is 20.0 Å². The molecule has 0 aliphatic rings. The number of nitrogens with one attached hydrogen (secondary N) is 3. The number of hydrogen-bond donors (Lipinski definition) is 3. The third-order valence-corrected chi connectivity index (χ3v) is 4.31. The number of H-pyrrole nitrogens is 1. The number of nitrogens with zero attached hydrogens (tertiary/aromatic N) is 1. The molecule has 1 aromatic heterocycles. The number of hydrogen-bond acceptors (Lipinski definition) is 4. The van der Waals surface area contributed by atoms with Crippen molar-refractivity contribution in [2.24, 2.45) is 0 Å². The Morgan fingerprint density at radius 2 is 2.05 bits per heavy atom. The van der Waals surface area contributed by atoms with Crippen LogP contribution in [0.1, 0.15) is 18.3 Å². The van der Waals surface area contributed by atoms with Gasteiger partial charge in [0.25, 0.3) is 0 Å². The molecule has 0 saturated carbocycles. The first kappa shape index (κ1) is 14.7. The molecule has 1 heterocycles. The molecule has 2 rings (SSSR count). The molecule has 1 aromatic carbocycles. The summed E-state index contributed by atoms with van der Waals surface area (Å²) in [5, 5.41) is 3.14. The maximum Gasteiger partial charge on any atom is 0.241 e. The highest BCUT2D eigenvalue weighted by atomic mass is 32.2. The quantitative estimate of drug-likeness (QED) is 0.711. The summed E-state index contributed by atoms with van der Waals surface area (Å²) in [5.41, 5.74) is 0.751. The second-order valence-corrected chi connectivity index (χ2v) is 5.98. The summed E-state index contributed by atoms with van der Waals surface area (Å²) in [5.74, 6) is 0.581. The number of sulfonamides is 1. The van der Waals surface area contributed by atoms with Crippen LogP contribution in [0, 0.1) is 0 Å². The molecule has 0 amide bonds. The van der Waals surface area contributed by atoms with E-state index < -0.39 is 10.0 Å². The molecule has 0 fully saturated rings. The van der Waals surface area contributed by atoms with Crippen LogP contribution in [0.2, 0.25) is 0 Å². The van der Waals surface area contributed by atoms with Gasteiger partial charge in [0.15, 0.2) is 0 Å². The van der Waals surface area contributed by atoms with Crippen molar-refractivity contribution in [2.75, 3.05) is 6.54 Å². The van der Waals surface area contributed by atoms with Crippen molar-refractivity contribution >= 4 is 10.0 Å². The van der Waals surface area contributed by atoms with Gasteiger partial charge in [0.1, 0.15) is 5.82 Å². The maximum atomic E-state index is 12.3. The van der Waals surface area contributed by atoms with Gasteiger partial charge in [-0.3, -0.25) is 0 Å². The van der Waals surface area contributed by atoms with E-state index in [0.717, 1.165) is 12.1 Å². The van der Waals surface area contributed by atoms with Crippen LogP contribution in [-0.4, -0.2) is 24.9 Å². The summed E-state index contributed by atoms with van der Waals surface area (Å²) in [4.78, 5) is 7.15. The van der Waals surface area contributed by atoms with Crippen LogP contribution in [0.4, 0.5) is 0 Å². The lowest BCUT2D eigenvalue weighted by atomic mass is 10.2. The molecule has 0 aliphatic heterocycles. The topological polar surface area (TPSA) is 86.9 Å². The summed E-state index contributed by atoms with van der Waals surface area (Å²) in [7, 11) is -3.55. The maximum absolute atomic E-state index is 12.3. The Bertz CT molecular complexity index is 638. The Hall–Kier alpha value is -1.70. The van der Waals surface area contributed by atoms with E-state index in [1.54, 1.807) is 24.5 Å². The highest BCUT2D eigenvalue weighted by Crippen LogP contribution is 2.15. The summed E-state index contributed by atoms with van der Waals surface area (Å²) < 4.78 is 27.2. The highest BCUT2D eigenvalue weighted by molar-refractivity contribution is 7.89. The zero-order chi connectivity index (χ0) is 14.4. The van der Waals surface area contributed by atoms with Gasteiger partial charge >= 0.3 is 0 Å². The van der Waals surface area contributed by atoms with Gasteiger partial charge in [0.05, 0.1) is 11.4 Å². The Balaban J connectivity index is 2.16. The highest BCUT2D eigenvalue weighted by Gasteiger charge is 2.17. The molecule has 6 nitrogen and oxygen atoms in total. The van der Waals surface area contributed by atoms with Crippen LogP contribution in [-0.2, 0) is 23.1 Å². The molecule has 0 bridgehead atoms. The first-order valence-electron chi connectivity index (χ1n) is 6.40. The Morgan fingerprint density at radius 1 is 1.25 bits per heavy atom. The molecule has 7 heteroatoms. The molecule has 108 valence electrons. The van der Waals surface area contributed by atoms with Crippen LogP contribution >= 0.6 is 0 Å². The number of imidazole rings is 1. The lowest BCUT2D eigenvalue weighted by molar-refractivity contribution is 0.577. The minimum atomic E-state index is -3.55. The van der Waals surface area contributed by atoms with E-state index in [4.69, 9.17) is 0 Å². The monoisotopic (exact) mass is 294 g/mol. The molecule has 0 saturated heterocycles. The number of aromatic nitrogens is 2. The van der Waals surface area contributed by atoms with E-state index in [1.807, 2.05) is 19.1 Å². The van der Waals surface area contributed by atoms with Crippen LogP contribution in [0.15, 0.2) is 41.6 Å². The molecule has 3 N–H and O–H groups in total. The van der Waals surface area contributed by atoms with Gasteiger partial charge in [-0.2, -0.15) is 0 Å². The van der Waals surface area contributed by atoms with Crippen molar-refractivity contribution in [1.82, 2.24) is 20.0 Å². The molecule has 0 atom stereocenters. The van der Waals surface area contributed by atoms with Crippen molar-refractivity contribution in [2.45, 2.75) is 24.9 Å². The fraction of sp³-hybridized carbons (Fsp3) is 0.308. The largest absolute Gasteiger partial charge is 0.347 e. The smallest absolute Gasteiger partial charge is 0.241 e. The molecule has 2 aromatic rings. The van der Waals surface area contributed by atoms with Crippen molar-refractivity contribution in [3.05, 3.63) is 48.0 Å². The second kappa shape index (κ2) is 6.65. The van der Waals surface area contributed by atoms with Gasteiger partial charge in [-0.15, -0.1) is 0 Å². The minimum Gasteiger partial charge on any atom is -0.347 e. The van der Waals surface area contributed by atoms with Gasteiger partial charge in [-0.25, -0.2) is 18.1 Å². The lowest BCUT2D eigenvalue weighted by Crippen LogP contribution is -2.26. The van der Waals surface area contributed by atoms with Crippen molar-refractivity contribution in [1.29, 1.82) is 0 Å². The van der Waals surface area contributed by atoms with E-state index in [9.17, 15) is 8.42 Å². The molecule has 0 unspecified atom stereocenters. The lowest BCUT2D eigenvalue weighted by Gasteiger charge is -2.11. The van der Waals surface area contributed by atoms with Gasteiger partial charge < -0.3 is 10.3 Å². The van der Waals surface area contributed by atoms with Gasteiger partial charge in [0, 0.05) is 18.9 Å². The van der Waals surface area contributed by atoms with Gasteiger partial charge in [-0.05, 0) is 18.2 Å². The SMILES string of the molecule is CCNCc1ccccc1S(=O)(=O)NCc1ncc[nH]1. The fourth-order valence-corrected chi connectivity index (χ4v) is 3.03. The predicted molar refractivity (Wildman–Crippen MR) is 76.4 cm³/mol. The fourth-order valence-electron chi connectivity index (χ4n) is 1.81. The summed E-state index contributed by atoms with van der Waals surface area (Å²) >= 11 is 0. The van der Waals surface area contributed by atoms with Gasteiger partial charge in [0.2, 0.25) is 10.0 Å². The zero-order valence-corrected chi connectivity index (χ0v) is 12.1. The molecule has 0 radical (unpaired) electrons. The molecular weight excluding hydrogens is 276 g/mol. The van der Waals surface area contributed by atoms with Crippen LogP contribution in [0.5, 0.6) is 0 Å². The van der Waals surface area contributed by atoms with Crippen molar-refractivity contribution in [3.8, 4) is 0 Å². The summed E-state index contributed by atoms with van der Waals surface area (Å²) in [6.45, 7) is 3.43. The van der Waals surface area contributed by atoms with Crippen LogP contribution in [0.3, 0.4) is 0 Å². The number of rotatable bonds is 7. The normalized spacial score (nSPS) is 11.7. The first-order valence-corrected chi connectivity index (χ1v) is 7.88. The molecule has 20 heavy (non-hydrogen) atoms. The van der Waals surface area contributed by atoms with Crippen LogP contribution in [0.25, 0.3) is 0 Å². The second-order valence-electron chi connectivity index (χ2n) is 4.25. The molecular formula is C13H18N4O2S.